The minimum Gasteiger partial charge on any atom is -0.352 e. The molecule has 3 aromatic heterocycles. The molecule has 6 aromatic rings. The fourth-order valence-electron chi connectivity index (χ4n) is 4.41. The molecule has 0 fully saturated rings. The number of anilines is 2. The number of hydrogen-bond donors (Lipinski definition) is 2. The van der Waals surface area contributed by atoms with Crippen molar-refractivity contribution in [1.82, 2.24) is 40.1 Å². The summed E-state index contributed by atoms with van der Waals surface area (Å²) in [4.78, 5) is 20.2. The highest BCUT2D eigenvalue weighted by Gasteiger charge is 2.10. The SMILES string of the molecule is C=CC(=O)NCCc1cn(-c2ccc3ncnc(Nc4ccc5nn(Cc6cccc(F)c6)cc5c4)c3c2)nn1. The molecule has 11 heteroatoms. The number of benzene rings is 3. The van der Waals surface area contributed by atoms with Crippen LogP contribution in [-0.4, -0.2) is 47.2 Å². The van der Waals surface area contributed by atoms with Gasteiger partial charge < -0.3 is 10.6 Å². The largest absolute Gasteiger partial charge is 0.352 e. The average Bonchev–Trinajstić information content (AvgIpc) is 3.59. The first-order valence-electron chi connectivity index (χ1n) is 12.6. The normalized spacial score (nSPS) is 11.1. The van der Waals surface area contributed by atoms with Gasteiger partial charge in [-0.1, -0.05) is 23.9 Å². The molecule has 3 aromatic carbocycles. The molecule has 0 bridgehead atoms. The third kappa shape index (κ3) is 5.39. The molecule has 0 radical (unpaired) electrons. The van der Waals surface area contributed by atoms with Crippen LogP contribution in [0.1, 0.15) is 11.3 Å². The molecule has 1 amide bonds. The van der Waals surface area contributed by atoms with E-state index in [2.05, 4.69) is 42.6 Å². The second-order valence-electron chi connectivity index (χ2n) is 9.18. The summed E-state index contributed by atoms with van der Waals surface area (Å²) in [6.45, 7) is 4.36. The van der Waals surface area contributed by atoms with Crippen molar-refractivity contribution >= 4 is 39.2 Å². The van der Waals surface area contributed by atoms with Crippen molar-refractivity contribution < 1.29 is 9.18 Å². The van der Waals surface area contributed by atoms with E-state index in [4.69, 9.17) is 0 Å². The van der Waals surface area contributed by atoms with E-state index in [1.807, 2.05) is 54.9 Å². The summed E-state index contributed by atoms with van der Waals surface area (Å²) in [7, 11) is 0. The molecular weight excluding hydrogens is 509 g/mol. The summed E-state index contributed by atoms with van der Waals surface area (Å²) >= 11 is 0. The fraction of sp³-hybridized carbons (Fsp3) is 0.103. The summed E-state index contributed by atoms with van der Waals surface area (Å²) < 4.78 is 17.1. The number of amides is 1. The molecular formula is C29H24FN9O. The zero-order valence-electron chi connectivity index (χ0n) is 21.3. The Hall–Kier alpha value is -5.45. The summed E-state index contributed by atoms with van der Waals surface area (Å²) in [5.74, 6) is 0.157. The minimum absolute atomic E-state index is 0.223. The molecule has 0 saturated carbocycles. The zero-order chi connectivity index (χ0) is 27.5. The summed E-state index contributed by atoms with van der Waals surface area (Å²) in [5, 5.41) is 21.0. The highest BCUT2D eigenvalue weighted by atomic mass is 19.1. The van der Waals surface area contributed by atoms with Crippen LogP contribution >= 0.6 is 0 Å². The van der Waals surface area contributed by atoms with E-state index in [0.29, 0.717) is 25.3 Å². The van der Waals surface area contributed by atoms with Gasteiger partial charge in [-0.05, 0) is 60.2 Å². The van der Waals surface area contributed by atoms with Gasteiger partial charge in [0.25, 0.3) is 0 Å². The van der Waals surface area contributed by atoms with Crippen LogP contribution in [0.2, 0.25) is 0 Å². The van der Waals surface area contributed by atoms with Crippen molar-refractivity contribution in [3.8, 4) is 5.69 Å². The second-order valence-corrected chi connectivity index (χ2v) is 9.18. The zero-order valence-corrected chi connectivity index (χ0v) is 21.3. The van der Waals surface area contributed by atoms with Crippen molar-refractivity contribution in [2.24, 2.45) is 0 Å². The topological polar surface area (TPSA) is 115 Å². The van der Waals surface area contributed by atoms with E-state index in [9.17, 15) is 9.18 Å². The van der Waals surface area contributed by atoms with Gasteiger partial charge in [-0.15, -0.1) is 5.10 Å². The van der Waals surface area contributed by atoms with Crippen LogP contribution in [0, 0.1) is 5.82 Å². The molecule has 0 atom stereocenters. The third-order valence-corrected chi connectivity index (χ3v) is 6.34. The molecule has 10 nitrogen and oxygen atoms in total. The van der Waals surface area contributed by atoms with Crippen LogP contribution in [0.25, 0.3) is 27.5 Å². The molecule has 0 unspecified atom stereocenters. The third-order valence-electron chi connectivity index (χ3n) is 6.34. The lowest BCUT2D eigenvalue weighted by atomic mass is 10.2. The smallest absolute Gasteiger partial charge is 0.243 e. The molecule has 2 N–H and O–H groups in total. The Bertz CT molecular complexity index is 1860. The average molecular weight is 534 g/mol. The highest BCUT2D eigenvalue weighted by Crippen LogP contribution is 2.27. The summed E-state index contributed by atoms with van der Waals surface area (Å²) in [6.07, 6.45) is 7.07. The lowest BCUT2D eigenvalue weighted by Gasteiger charge is -2.09. The fourth-order valence-corrected chi connectivity index (χ4v) is 4.41. The van der Waals surface area contributed by atoms with Crippen molar-refractivity contribution in [3.63, 3.8) is 0 Å². The van der Waals surface area contributed by atoms with Gasteiger partial charge in [-0.2, -0.15) is 5.10 Å². The van der Waals surface area contributed by atoms with E-state index in [1.54, 1.807) is 15.4 Å². The summed E-state index contributed by atoms with van der Waals surface area (Å²) in [6, 6.07) is 18.2. The first kappa shape index (κ1) is 24.9. The van der Waals surface area contributed by atoms with Crippen molar-refractivity contribution in [2.45, 2.75) is 13.0 Å². The van der Waals surface area contributed by atoms with Gasteiger partial charge in [0.2, 0.25) is 5.91 Å². The Labute approximate surface area is 228 Å². The first-order valence-corrected chi connectivity index (χ1v) is 12.6. The van der Waals surface area contributed by atoms with Crippen LogP contribution in [-0.2, 0) is 17.8 Å². The molecule has 198 valence electrons. The van der Waals surface area contributed by atoms with Crippen LogP contribution in [0.4, 0.5) is 15.9 Å². The van der Waals surface area contributed by atoms with Crippen LogP contribution in [0.5, 0.6) is 0 Å². The number of nitrogens with one attached hydrogen (secondary N) is 2. The Balaban J connectivity index is 1.22. The van der Waals surface area contributed by atoms with Gasteiger partial charge in [0, 0.05) is 35.6 Å². The Kier molecular flexibility index (Phi) is 6.67. The van der Waals surface area contributed by atoms with Gasteiger partial charge in [0.15, 0.2) is 0 Å². The Morgan fingerprint density at radius 1 is 1.02 bits per heavy atom. The van der Waals surface area contributed by atoms with Gasteiger partial charge in [-0.3, -0.25) is 9.48 Å². The first-order chi connectivity index (χ1) is 19.5. The number of aromatic nitrogens is 7. The van der Waals surface area contributed by atoms with E-state index >= 15 is 0 Å². The minimum atomic E-state index is -0.264. The summed E-state index contributed by atoms with van der Waals surface area (Å²) in [5.41, 5.74) is 4.84. The highest BCUT2D eigenvalue weighted by molar-refractivity contribution is 5.93. The van der Waals surface area contributed by atoms with Gasteiger partial charge >= 0.3 is 0 Å². The number of rotatable bonds is 9. The number of fused-ring (bicyclic) bond motifs is 2. The standard InChI is InChI=1S/C29H24FN9O/c1-2-28(40)31-11-10-23-17-39(37-35-23)24-7-9-27-25(14-24)29(33-18-32-27)34-22-6-8-26-20(13-22)16-38(36-26)15-19-4-3-5-21(30)12-19/h2-9,12-14,16-18H,1,10-11,15H2,(H,31,40)(H,32,33,34). The molecule has 0 aliphatic heterocycles. The predicted molar refractivity (Wildman–Crippen MR) is 150 cm³/mol. The maximum absolute atomic E-state index is 13.6. The molecule has 0 saturated heterocycles. The molecule has 6 rings (SSSR count). The van der Waals surface area contributed by atoms with Gasteiger partial charge in [0.1, 0.15) is 18.0 Å². The van der Waals surface area contributed by atoms with Crippen molar-refractivity contribution in [3.05, 3.63) is 109 Å². The molecule has 3 heterocycles. The quantitative estimate of drug-likeness (QED) is 0.266. The van der Waals surface area contributed by atoms with Crippen LogP contribution < -0.4 is 10.6 Å². The molecule has 0 spiro atoms. The van der Waals surface area contributed by atoms with Gasteiger partial charge in [0.05, 0.1) is 35.2 Å². The monoisotopic (exact) mass is 533 g/mol. The maximum atomic E-state index is 13.6. The molecule has 0 aliphatic carbocycles. The van der Waals surface area contributed by atoms with E-state index < -0.39 is 0 Å². The Morgan fingerprint density at radius 3 is 2.80 bits per heavy atom. The Morgan fingerprint density at radius 2 is 1.93 bits per heavy atom. The van der Waals surface area contributed by atoms with E-state index in [1.165, 1.54) is 24.5 Å². The second kappa shape index (κ2) is 10.7. The molecule has 0 aliphatic rings. The van der Waals surface area contributed by atoms with Crippen molar-refractivity contribution in [1.29, 1.82) is 0 Å². The number of halogens is 1. The van der Waals surface area contributed by atoms with Gasteiger partial charge in [-0.25, -0.2) is 19.0 Å². The number of nitrogens with zero attached hydrogens (tertiary/aromatic N) is 7. The predicted octanol–water partition coefficient (Wildman–Crippen LogP) is 4.34. The lowest BCUT2D eigenvalue weighted by molar-refractivity contribution is -0.116. The van der Waals surface area contributed by atoms with E-state index in [0.717, 1.165) is 44.4 Å². The lowest BCUT2D eigenvalue weighted by Crippen LogP contribution is -2.23. The van der Waals surface area contributed by atoms with E-state index in [-0.39, 0.29) is 11.7 Å². The number of hydrogen-bond acceptors (Lipinski definition) is 7. The van der Waals surface area contributed by atoms with Crippen LogP contribution in [0.15, 0.2) is 92.0 Å². The number of carbonyl (C=O) groups excluding carboxylic acids is 1. The van der Waals surface area contributed by atoms with Crippen LogP contribution in [0.3, 0.4) is 0 Å². The number of carbonyl (C=O) groups is 1. The van der Waals surface area contributed by atoms with Crippen molar-refractivity contribution in [2.75, 3.05) is 11.9 Å². The maximum Gasteiger partial charge on any atom is 0.243 e. The molecule has 40 heavy (non-hydrogen) atoms.